The Bertz CT molecular complexity index is 443. The van der Waals surface area contributed by atoms with Crippen molar-refractivity contribution in [2.24, 2.45) is 0 Å². The highest BCUT2D eigenvalue weighted by Gasteiger charge is 1.97. The molecule has 0 bridgehead atoms. The van der Waals surface area contributed by atoms with Gasteiger partial charge in [-0.1, -0.05) is 175 Å². The Hall–Kier alpha value is -0.750. The van der Waals surface area contributed by atoms with Gasteiger partial charge in [-0.3, -0.25) is 4.79 Å². The summed E-state index contributed by atoms with van der Waals surface area (Å²) < 4.78 is 0. The van der Waals surface area contributed by atoms with Crippen LogP contribution in [0, 0.1) is 0 Å². The lowest BCUT2D eigenvalue weighted by molar-refractivity contribution is -0.118. The quantitative estimate of drug-likeness (QED) is 0.0513. The smallest absolute Gasteiger partial charge is 0.132 e. The number of unbranched alkanes of at least 4 members (excludes halogenated alkanes) is 24. The Morgan fingerprint density at radius 2 is 0.733 bits per heavy atom. The van der Waals surface area contributed by atoms with Crippen molar-refractivity contribution in [1.29, 1.82) is 0 Å². The summed E-state index contributed by atoms with van der Waals surface area (Å²) in [5.74, 6) is 0.372. The van der Waals surface area contributed by atoms with Gasteiger partial charge in [0.05, 0.1) is 0 Å². The summed E-state index contributed by atoms with van der Waals surface area (Å²) in [5.41, 5.74) is 0. The van der Waals surface area contributed by atoms with Gasteiger partial charge < -0.3 is 20.8 Å². The van der Waals surface area contributed by atoms with Crippen LogP contribution in [0.4, 0.5) is 0 Å². The highest BCUT2D eigenvalue weighted by Crippen LogP contribution is 2.09. The van der Waals surface area contributed by atoms with Crippen molar-refractivity contribution in [3.8, 4) is 0 Å². The van der Waals surface area contributed by atoms with Crippen LogP contribution in [0.2, 0.25) is 0 Å². The van der Waals surface area contributed by atoms with Gasteiger partial charge in [-0.25, -0.2) is 0 Å². The minimum atomic E-state index is 0. The molecule has 0 aromatic heterocycles. The van der Waals surface area contributed by atoms with E-state index >= 15 is 0 Å². The molecule has 0 spiro atoms. The number of carbonyl (C=O) groups is 1. The second kappa shape index (κ2) is 58.8. The number of ketones is 1. The molecular weight excluding hydrogens is 560 g/mol. The van der Waals surface area contributed by atoms with Crippen LogP contribution in [0.3, 0.4) is 0 Å². The molecule has 5 nitrogen and oxygen atoms in total. The lowest BCUT2D eigenvalue weighted by atomic mass is 10.1. The van der Waals surface area contributed by atoms with E-state index in [1.165, 1.54) is 135 Å². The molecule has 45 heavy (non-hydrogen) atoms. The molecule has 0 aliphatic heterocycles. The molecule has 0 radical (unpaired) electrons. The summed E-state index contributed by atoms with van der Waals surface area (Å²) in [6.45, 7) is 13.4. The van der Waals surface area contributed by atoms with E-state index in [1.54, 1.807) is 0 Å². The molecule has 0 aliphatic rings. The first kappa shape index (κ1) is 53.7. The average Bonchev–Trinajstić information content (AvgIpc) is 3.04. The summed E-state index contributed by atoms with van der Waals surface area (Å²) in [5, 5.41) is 25.5. The Morgan fingerprint density at radius 3 is 1.00 bits per heavy atom. The maximum absolute atomic E-state index is 10.9. The maximum Gasteiger partial charge on any atom is 0.132 e. The largest absolute Gasteiger partial charge is 0.412 e. The predicted molar refractivity (Wildman–Crippen MR) is 203 cm³/mol. The SMILES string of the molecule is C=CCCCCCCCC.CCC(=O)CCCCCCCO.CCCCCCCCCCO.CCCCCCCCCCO.O.[HH]. The van der Waals surface area contributed by atoms with E-state index in [2.05, 4.69) is 27.4 Å². The van der Waals surface area contributed by atoms with Gasteiger partial charge in [0.25, 0.3) is 0 Å². The van der Waals surface area contributed by atoms with Gasteiger partial charge in [0.2, 0.25) is 0 Å². The summed E-state index contributed by atoms with van der Waals surface area (Å²) in [6.07, 6.45) is 39.0. The highest BCUT2D eigenvalue weighted by atomic mass is 16.3. The fourth-order valence-corrected chi connectivity index (χ4v) is 4.70. The third-order valence-corrected chi connectivity index (χ3v) is 7.79. The summed E-state index contributed by atoms with van der Waals surface area (Å²) in [6, 6.07) is 0. The van der Waals surface area contributed by atoms with Gasteiger partial charge in [-0.15, -0.1) is 6.58 Å². The van der Waals surface area contributed by atoms with Gasteiger partial charge in [0, 0.05) is 34.1 Å². The van der Waals surface area contributed by atoms with Crippen LogP contribution in [0.1, 0.15) is 222 Å². The molecule has 0 atom stereocenters. The van der Waals surface area contributed by atoms with Gasteiger partial charge in [-0.05, 0) is 38.5 Å². The molecule has 0 unspecified atom stereocenters. The van der Waals surface area contributed by atoms with E-state index < -0.39 is 0 Å². The number of carbonyl (C=O) groups excluding carboxylic acids is 1. The summed E-state index contributed by atoms with van der Waals surface area (Å²) >= 11 is 0. The van der Waals surface area contributed by atoms with E-state index in [1.807, 2.05) is 13.0 Å². The van der Waals surface area contributed by atoms with E-state index in [-0.39, 0.29) is 6.90 Å². The van der Waals surface area contributed by atoms with Gasteiger partial charge in [0.15, 0.2) is 0 Å². The molecule has 0 heterocycles. The average molecular weight is 649 g/mol. The number of allylic oxidation sites excluding steroid dienone is 1. The lowest BCUT2D eigenvalue weighted by Gasteiger charge is -1.98. The Balaban J connectivity index is -0.000000114. The number of hydrogen-bond acceptors (Lipinski definition) is 4. The first-order chi connectivity index (χ1) is 21.6. The highest BCUT2D eigenvalue weighted by molar-refractivity contribution is 5.77. The second-order valence-corrected chi connectivity index (χ2v) is 12.4. The molecule has 0 saturated carbocycles. The molecule has 5 heteroatoms. The normalized spacial score (nSPS) is 9.93. The number of Topliss-reactive ketones (excluding diaryl/α,β-unsaturated/α-hetero) is 1. The van der Waals surface area contributed by atoms with Crippen molar-refractivity contribution in [2.45, 2.75) is 220 Å². The van der Waals surface area contributed by atoms with Gasteiger partial charge >= 0.3 is 0 Å². The van der Waals surface area contributed by atoms with Crippen LogP contribution < -0.4 is 0 Å². The van der Waals surface area contributed by atoms with Crippen molar-refractivity contribution in [3.63, 3.8) is 0 Å². The zero-order valence-electron chi connectivity index (χ0n) is 31.4. The van der Waals surface area contributed by atoms with Crippen molar-refractivity contribution in [3.05, 3.63) is 12.7 Å². The van der Waals surface area contributed by atoms with Crippen LogP contribution in [-0.2, 0) is 4.79 Å². The number of hydrogen-bond donors (Lipinski definition) is 3. The molecule has 0 aliphatic carbocycles. The third-order valence-electron chi connectivity index (χ3n) is 7.79. The standard InChI is InChI=1S/C10H20O2.2C10H22O.C10H20.H2O.H2/c1-2-10(12)8-6-4-3-5-7-9-11;2*1-2-3-4-5-6-7-8-9-10-11;1-3-5-7-9-10-8-6-4-2;;/h11H,2-9H2,1H3;2*11H,2-10H2,1H3;3H,1,4-10H2,2H3;1H2;1H. The van der Waals surface area contributed by atoms with Crippen molar-refractivity contribution >= 4 is 5.78 Å². The minimum absolute atomic E-state index is 0. The first-order valence-electron chi connectivity index (χ1n) is 19.5. The Labute approximate surface area is 285 Å². The van der Waals surface area contributed by atoms with Crippen molar-refractivity contribution in [2.75, 3.05) is 19.8 Å². The van der Waals surface area contributed by atoms with E-state index in [0.717, 1.165) is 51.4 Å². The molecule has 0 fully saturated rings. The number of aliphatic hydroxyl groups is 3. The van der Waals surface area contributed by atoms with Crippen LogP contribution in [0.15, 0.2) is 12.7 Å². The molecule has 0 aromatic rings. The second-order valence-electron chi connectivity index (χ2n) is 12.4. The summed E-state index contributed by atoms with van der Waals surface area (Å²) in [4.78, 5) is 10.9. The Kier molecular flexibility index (Phi) is 70.1. The van der Waals surface area contributed by atoms with E-state index in [9.17, 15) is 4.79 Å². The zero-order chi connectivity index (χ0) is 33.6. The molecule has 0 rings (SSSR count). The van der Waals surface area contributed by atoms with Crippen molar-refractivity contribution < 1.29 is 27.0 Å². The molecule has 0 amide bonds. The molecule has 0 aromatic carbocycles. The van der Waals surface area contributed by atoms with E-state index in [0.29, 0.717) is 32.0 Å². The molecular formula is C40H88O5. The maximum atomic E-state index is 10.9. The van der Waals surface area contributed by atoms with E-state index in [4.69, 9.17) is 15.3 Å². The van der Waals surface area contributed by atoms with Crippen LogP contribution in [-0.4, -0.2) is 46.4 Å². The van der Waals surface area contributed by atoms with Crippen LogP contribution in [0.5, 0.6) is 0 Å². The topological polar surface area (TPSA) is 109 Å². The van der Waals surface area contributed by atoms with Crippen molar-refractivity contribution in [1.82, 2.24) is 0 Å². The minimum Gasteiger partial charge on any atom is -0.412 e. The van der Waals surface area contributed by atoms with Crippen LogP contribution in [0.25, 0.3) is 0 Å². The van der Waals surface area contributed by atoms with Gasteiger partial charge in [0.1, 0.15) is 5.78 Å². The lowest BCUT2D eigenvalue weighted by Crippen LogP contribution is -1.94. The van der Waals surface area contributed by atoms with Gasteiger partial charge in [-0.2, -0.15) is 0 Å². The molecule has 0 saturated heterocycles. The first-order valence-corrected chi connectivity index (χ1v) is 19.5. The molecule has 5 N–H and O–H groups in total. The third kappa shape index (κ3) is 70.8. The zero-order valence-corrected chi connectivity index (χ0v) is 31.4. The van der Waals surface area contributed by atoms with Crippen LogP contribution >= 0.6 is 0 Å². The fraction of sp³-hybridized carbons (Fsp3) is 0.925. The predicted octanol–water partition coefficient (Wildman–Crippen LogP) is 11.9. The number of aliphatic hydroxyl groups excluding tert-OH is 3. The Morgan fingerprint density at radius 1 is 0.467 bits per heavy atom. The fourth-order valence-electron chi connectivity index (χ4n) is 4.70. The molecule has 278 valence electrons. The number of rotatable bonds is 31. The summed E-state index contributed by atoms with van der Waals surface area (Å²) in [7, 11) is 0. The monoisotopic (exact) mass is 649 g/mol.